The van der Waals surface area contributed by atoms with E-state index in [1.165, 1.54) is 17.4 Å². The monoisotopic (exact) mass is 307 g/mol. The molecule has 3 rings (SSSR count). The van der Waals surface area contributed by atoms with E-state index < -0.39 is 0 Å². The molecule has 0 amide bonds. The van der Waals surface area contributed by atoms with Crippen molar-refractivity contribution in [2.45, 2.75) is 6.92 Å². The quantitative estimate of drug-likeness (QED) is 0.660. The number of anilines is 2. The maximum Gasteiger partial charge on any atom is 0.225 e. The lowest BCUT2D eigenvalue weighted by Gasteiger charge is -2.23. The molecule has 3 nitrogen and oxygen atoms in total. The van der Waals surface area contributed by atoms with Gasteiger partial charge in [0.15, 0.2) is 0 Å². The molecule has 6 heteroatoms. The lowest BCUT2D eigenvalue weighted by atomic mass is 10.2. The van der Waals surface area contributed by atoms with Gasteiger partial charge in [-0.2, -0.15) is 4.98 Å². The lowest BCUT2D eigenvalue weighted by Crippen LogP contribution is -2.19. The molecule has 0 aliphatic rings. The number of para-hydroxylation sites is 1. The molecule has 0 saturated heterocycles. The predicted octanol–water partition coefficient (Wildman–Crippen LogP) is 4.64. The van der Waals surface area contributed by atoms with Crippen LogP contribution in [0.15, 0.2) is 35.7 Å². The summed E-state index contributed by atoms with van der Waals surface area (Å²) in [5.74, 6) is 0.348. The molecule has 0 unspecified atom stereocenters. The number of nitrogens with zero attached hydrogens (tertiary/aromatic N) is 3. The van der Waals surface area contributed by atoms with Crippen LogP contribution in [0.5, 0.6) is 0 Å². The highest BCUT2D eigenvalue weighted by Crippen LogP contribution is 2.34. The normalized spacial score (nSPS) is 10.9. The third kappa shape index (κ3) is 2.23. The zero-order valence-corrected chi connectivity index (χ0v) is 12.2. The van der Waals surface area contributed by atoms with Gasteiger partial charge in [-0.1, -0.05) is 12.1 Å². The van der Waals surface area contributed by atoms with Crippen LogP contribution < -0.4 is 4.90 Å². The molecule has 2 heterocycles. The molecule has 0 aliphatic carbocycles. The molecule has 0 bridgehead atoms. The van der Waals surface area contributed by atoms with Crippen LogP contribution in [0, 0.1) is 5.82 Å². The molecule has 0 spiro atoms. The number of hydrogen-bond donors (Lipinski definition) is 0. The van der Waals surface area contributed by atoms with Crippen molar-refractivity contribution < 1.29 is 4.39 Å². The van der Waals surface area contributed by atoms with Crippen LogP contribution in [0.4, 0.5) is 15.9 Å². The van der Waals surface area contributed by atoms with Crippen LogP contribution >= 0.6 is 22.9 Å². The summed E-state index contributed by atoms with van der Waals surface area (Å²) >= 11 is 7.46. The SMILES string of the molecule is CCN(c1ccccc1F)c1nc(Cl)nc2sccc12. The first kappa shape index (κ1) is 13.3. The molecule has 0 radical (unpaired) electrons. The van der Waals surface area contributed by atoms with Crippen LogP contribution in [0.25, 0.3) is 10.2 Å². The van der Waals surface area contributed by atoms with Crippen molar-refractivity contribution in [1.82, 2.24) is 9.97 Å². The number of fused-ring (bicyclic) bond motifs is 1. The molecule has 0 N–H and O–H groups in total. The van der Waals surface area contributed by atoms with Crippen molar-refractivity contribution >= 4 is 44.7 Å². The van der Waals surface area contributed by atoms with Gasteiger partial charge in [0.2, 0.25) is 5.28 Å². The van der Waals surface area contributed by atoms with Gasteiger partial charge in [0, 0.05) is 6.54 Å². The second-order valence-corrected chi connectivity index (χ2v) is 5.38. The van der Waals surface area contributed by atoms with Crippen molar-refractivity contribution in [3.8, 4) is 0 Å². The smallest absolute Gasteiger partial charge is 0.225 e. The Bertz CT molecular complexity index is 759. The Morgan fingerprint density at radius 2 is 2.05 bits per heavy atom. The zero-order chi connectivity index (χ0) is 14.1. The molecule has 3 aromatic rings. The molecule has 0 saturated carbocycles. The van der Waals surface area contributed by atoms with Crippen LogP contribution in [-0.4, -0.2) is 16.5 Å². The minimum absolute atomic E-state index is 0.171. The minimum Gasteiger partial charge on any atom is -0.323 e. The first-order valence-corrected chi connectivity index (χ1v) is 7.39. The molecule has 1 aromatic carbocycles. The van der Waals surface area contributed by atoms with Gasteiger partial charge in [-0.15, -0.1) is 11.3 Å². The second-order valence-electron chi connectivity index (χ2n) is 4.15. The fraction of sp³-hybridized carbons (Fsp3) is 0.143. The van der Waals surface area contributed by atoms with Gasteiger partial charge in [-0.05, 0) is 42.1 Å². The highest BCUT2D eigenvalue weighted by Gasteiger charge is 2.17. The molecule has 102 valence electrons. The topological polar surface area (TPSA) is 29.0 Å². The molecular formula is C14H11ClFN3S. The lowest BCUT2D eigenvalue weighted by molar-refractivity contribution is 0.625. The summed E-state index contributed by atoms with van der Waals surface area (Å²) in [7, 11) is 0. The Morgan fingerprint density at radius 1 is 1.25 bits per heavy atom. The average molecular weight is 308 g/mol. The van der Waals surface area contributed by atoms with Crippen LogP contribution in [-0.2, 0) is 0 Å². The highest BCUT2D eigenvalue weighted by molar-refractivity contribution is 7.16. The van der Waals surface area contributed by atoms with Gasteiger partial charge < -0.3 is 4.90 Å². The van der Waals surface area contributed by atoms with Crippen molar-refractivity contribution in [1.29, 1.82) is 0 Å². The summed E-state index contributed by atoms with van der Waals surface area (Å²) in [6, 6.07) is 8.56. The van der Waals surface area contributed by atoms with E-state index in [-0.39, 0.29) is 11.1 Å². The number of thiophene rings is 1. The first-order valence-electron chi connectivity index (χ1n) is 6.13. The first-order chi connectivity index (χ1) is 9.70. The summed E-state index contributed by atoms with van der Waals surface area (Å²) in [5, 5.41) is 2.98. The summed E-state index contributed by atoms with van der Waals surface area (Å²) in [5.41, 5.74) is 0.484. The predicted molar refractivity (Wildman–Crippen MR) is 81.5 cm³/mol. The maximum atomic E-state index is 14.0. The molecule has 20 heavy (non-hydrogen) atoms. The third-order valence-electron chi connectivity index (χ3n) is 2.99. The van der Waals surface area contributed by atoms with Crippen molar-refractivity contribution in [3.63, 3.8) is 0 Å². The Labute approximate surface area is 124 Å². The molecule has 2 aromatic heterocycles. The van der Waals surface area contributed by atoms with E-state index in [9.17, 15) is 4.39 Å². The van der Waals surface area contributed by atoms with Crippen molar-refractivity contribution in [2.75, 3.05) is 11.4 Å². The van der Waals surface area contributed by atoms with Crippen molar-refractivity contribution in [3.05, 3.63) is 46.8 Å². The number of halogens is 2. The fourth-order valence-electron chi connectivity index (χ4n) is 2.13. The third-order valence-corrected chi connectivity index (χ3v) is 3.97. The number of benzene rings is 1. The highest BCUT2D eigenvalue weighted by atomic mass is 35.5. The van der Waals surface area contributed by atoms with Gasteiger partial charge in [-0.25, -0.2) is 9.37 Å². The van der Waals surface area contributed by atoms with Gasteiger partial charge in [-0.3, -0.25) is 0 Å². The molecular weight excluding hydrogens is 297 g/mol. The van der Waals surface area contributed by atoms with E-state index in [1.807, 2.05) is 18.4 Å². The number of hydrogen-bond acceptors (Lipinski definition) is 4. The maximum absolute atomic E-state index is 14.0. The zero-order valence-electron chi connectivity index (χ0n) is 10.7. The average Bonchev–Trinajstić information content (AvgIpc) is 2.89. The van der Waals surface area contributed by atoms with Gasteiger partial charge in [0.25, 0.3) is 0 Å². The second kappa shape index (κ2) is 5.34. The van der Waals surface area contributed by atoms with Crippen LogP contribution in [0.3, 0.4) is 0 Å². The van der Waals surface area contributed by atoms with E-state index in [0.29, 0.717) is 18.1 Å². The summed E-state index contributed by atoms with van der Waals surface area (Å²) < 4.78 is 14.0. The van der Waals surface area contributed by atoms with E-state index in [4.69, 9.17) is 11.6 Å². The Kier molecular flexibility index (Phi) is 3.54. The minimum atomic E-state index is -0.285. The van der Waals surface area contributed by atoms with E-state index >= 15 is 0 Å². The van der Waals surface area contributed by atoms with E-state index in [1.54, 1.807) is 23.1 Å². The molecule has 0 aliphatic heterocycles. The summed E-state index contributed by atoms with van der Waals surface area (Å²) in [4.78, 5) is 11.1. The van der Waals surface area contributed by atoms with Gasteiger partial charge in [0.05, 0.1) is 11.1 Å². The van der Waals surface area contributed by atoms with Crippen molar-refractivity contribution in [2.24, 2.45) is 0 Å². The van der Waals surface area contributed by atoms with E-state index in [0.717, 1.165) is 10.2 Å². The van der Waals surface area contributed by atoms with Crippen LogP contribution in [0.2, 0.25) is 5.28 Å². The standard InChI is InChI=1S/C14H11ClFN3S/c1-2-19(11-6-4-3-5-10(11)16)12-9-7-8-20-13(9)18-14(15)17-12/h3-8H,2H2,1H3. The number of aromatic nitrogens is 2. The molecule has 0 fully saturated rings. The summed E-state index contributed by atoms with van der Waals surface area (Å²) in [6.07, 6.45) is 0. The Balaban J connectivity index is 2.22. The number of rotatable bonds is 3. The fourth-order valence-corrected chi connectivity index (χ4v) is 3.10. The largest absolute Gasteiger partial charge is 0.323 e. The molecule has 0 atom stereocenters. The summed E-state index contributed by atoms with van der Waals surface area (Å²) in [6.45, 7) is 2.53. The van der Waals surface area contributed by atoms with Crippen LogP contribution in [0.1, 0.15) is 6.92 Å². The Hall–Kier alpha value is -1.72. The Morgan fingerprint density at radius 3 is 2.80 bits per heavy atom. The van der Waals surface area contributed by atoms with Gasteiger partial charge >= 0.3 is 0 Å². The van der Waals surface area contributed by atoms with Gasteiger partial charge in [0.1, 0.15) is 16.5 Å². The van der Waals surface area contributed by atoms with E-state index in [2.05, 4.69) is 9.97 Å².